The van der Waals surface area contributed by atoms with E-state index in [1.807, 2.05) is 24.3 Å². The van der Waals surface area contributed by atoms with Crippen LogP contribution in [0.5, 0.6) is 11.5 Å². The molecule has 4 unspecified atom stereocenters. The number of carbonyl (C=O) groups is 4. The molecule has 0 aromatic heterocycles. The van der Waals surface area contributed by atoms with Crippen LogP contribution in [0.4, 0.5) is 11.4 Å². The van der Waals surface area contributed by atoms with Crippen LogP contribution in [0.2, 0.25) is 0 Å². The molecular weight excluding hydrogens is 444 g/mol. The highest BCUT2D eigenvalue weighted by atomic mass is 16.5. The van der Waals surface area contributed by atoms with Gasteiger partial charge < -0.3 is 4.74 Å². The van der Waals surface area contributed by atoms with Gasteiger partial charge in [-0.1, -0.05) is 24.3 Å². The van der Waals surface area contributed by atoms with Crippen LogP contribution in [-0.2, 0) is 19.2 Å². The van der Waals surface area contributed by atoms with Crippen molar-refractivity contribution in [2.45, 2.75) is 25.7 Å². The Morgan fingerprint density at radius 1 is 0.486 bits per heavy atom. The molecule has 4 atom stereocenters. The van der Waals surface area contributed by atoms with E-state index in [2.05, 4.69) is 0 Å². The van der Waals surface area contributed by atoms with Crippen molar-refractivity contribution < 1.29 is 23.9 Å². The summed E-state index contributed by atoms with van der Waals surface area (Å²) in [6.45, 7) is 0. The lowest BCUT2D eigenvalue weighted by Gasteiger charge is -2.16. The molecule has 4 aliphatic rings. The second-order valence-corrected chi connectivity index (χ2v) is 9.43. The van der Waals surface area contributed by atoms with E-state index in [-0.39, 0.29) is 47.3 Å². The standard InChI is InChI=1S/C28H24N2O5/c31-25-21-5-1-2-6-22(21)26(32)29(25)17-9-13-19(14-10-17)35-20-15-11-18(12-16-20)30-27(33)23-7-3-4-8-24(23)28(30)34/h1-4,9-16,21-24H,5-8H2. The summed E-state index contributed by atoms with van der Waals surface area (Å²) in [5.41, 5.74) is 1.08. The van der Waals surface area contributed by atoms with Gasteiger partial charge in [0.05, 0.1) is 35.0 Å². The molecule has 176 valence electrons. The number of hydrogen-bond acceptors (Lipinski definition) is 5. The largest absolute Gasteiger partial charge is 0.457 e. The molecule has 2 aliphatic heterocycles. The van der Waals surface area contributed by atoms with E-state index in [1.165, 1.54) is 9.80 Å². The van der Waals surface area contributed by atoms with Crippen LogP contribution in [0, 0.1) is 23.7 Å². The van der Waals surface area contributed by atoms with Crippen LogP contribution in [0.15, 0.2) is 72.8 Å². The second-order valence-electron chi connectivity index (χ2n) is 9.43. The van der Waals surface area contributed by atoms with Gasteiger partial charge in [0.25, 0.3) is 0 Å². The normalized spacial score (nSPS) is 27.4. The number of imide groups is 2. The minimum absolute atomic E-state index is 0.143. The van der Waals surface area contributed by atoms with Gasteiger partial charge in [-0.25, -0.2) is 0 Å². The lowest BCUT2D eigenvalue weighted by atomic mass is 9.85. The number of carbonyl (C=O) groups excluding carboxylic acids is 4. The van der Waals surface area contributed by atoms with Crippen LogP contribution >= 0.6 is 0 Å². The quantitative estimate of drug-likeness (QED) is 0.491. The van der Waals surface area contributed by atoms with Gasteiger partial charge in [-0.2, -0.15) is 0 Å². The molecule has 2 aliphatic carbocycles. The zero-order chi connectivity index (χ0) is 24.1. The summed E-state index contributed by atoms with van der Waals surface area (Å²) in [6.07, 6.45) is 10.3. The third-order valence-corrected chi connectivity index (χ3v) is 7.44. The molecule has 2 heterocycles. The van der Waals surface area contributed by atoms with Gasteiger partial charge in [0.2, 0.25) is 23.6 Å². The fourth-order valence-corrected chi connectivity index (χ4v) is 5.57. The molecule has 2 aromatic rings. The zero-order valence-corrected chi connectivity index (χ0v) is 19.0. The molecule has 7 heteroatoms. The van der Waals surface area contributed by atoms with Gasteiger partial charge >= 0.3 is 0 Å². The highest BCUT2D eigenvalue weighted by Gasteiger charge is 2.48. The number of ether oxygens (including phenoxy) is 1. The third-order valence-electron chi connectivity index (χ3n) is 7.44. The number of fused-ring (bicyclic) bond motifs is 2. The van der Waals surface area contributed by atoms with Gasteiger partial charge in [0.1, 0.15) is 11.5 Å². The molecule has 0 bridgehead atoms. The molecule has 0 N–H and O–H groups in total. The van der Waals surface area contributed by atoms with Gasteiger partial charge in [-0.15, -0.1) is 0 Å². The molecule has 0 spiro atoms. The van der Waals surface area contributed by atoms with Crippen molar-refractivity contribution in [1.82, 2.24) is 0 Å². The van der Waals surface area contributed by atoms with Crippen LogP contribution in [0.25, 0.3) is 0 Å². The number of amides is 4. The molecule has 35 heavy (non-hydrogen) atoms. The Labute approximate surface area is 202 Å². The summed E-state index contributed by atoms with van der Waals surface area (Å²) in [6, 6.07) is 13.7. The Morgan fingerprint density at radius 2 is 0.771 bits per heavy atom. The van der Waals surface area contributed by atoms with E-state index < -0.39 is 0 Å². The Balaban J connectivity index is 1.15. The molecule has 4 amide bonds. The number of hydrogen-bond donors (Lipinski definition) is 0. The lowest BCUT2D eigenvalue weighted by Crippen LogP contribution is -2.30. The van der Waals surface area contributed by atoms with Gasteiger partial charge in [0, 0.05) is 0 Å². The van der Waals surface area contributed by atoms with E-state index in [0.717, 1.165) is 0 Å². The van der Waals surface area contributed by atoms with Crippen molar-refractivity contribution in [2.24, 2.45) is 23.7 Å². The zero-order valence-electron chi connectivity index (χ0n) is 19.0. The maximum atomic E-state index is 12.8. The topological polar surface area (TPSA) is 84.0 Å². The molecule has 2 fully saturated rings. The minimum atomic E-state index is -0.267. The summed E-state index contributed by atoms with van der Waals surface area (Å²) in [5.74, 6) is -0.549. The first kappa shape index (κ1) is 21.5. The average molecular weight is 469 g/mol. The van der Waals surface area contributed by atoms with Crippen molar-refractivity contribution >= 4 is 35.0 Å². The Bertz CT molecular complexity index is 1130. The molecule has 0 radical (unpaired) electrons. The Kier molecular flexibility index (Phi) is 5.13. The van der Waals surface area contributed by atoms with E-state index in [4.69, 9.17) is 4.74 Å². The third kappa shape index (κ3) is 3.50. The average Bonchev–Trinajstić information content (AvgIpc) is 3.30. The first-order valence-electron chi connectivity index (χ1n) is 12.0. The summed E-state index contributed by atoms with van der Waals surface area (Å²) in [4.78, 5) is 53.7. The maximum absolute atomic E-state index is 12.8. The van der Waals surface area contributed by atoms with Gasteiger partial charge in [-0.05, 0) is 74.2 Å². The molecule has 7 nitrogen and oxygen atoms in total. The lowest BCUT2D eigenvalue weighted by molar-refractivity contribution is -0.124. The maximum Gasteiger partial charge on any atom is 0.238 e. The molecule has 0 saturated carbocycles. The van der Waals surface area contributed by atoms with E-state index in [0.29, 0.717) is 48.6 Å². The SMILES string of the molecule is O=C1C2CC=CCC2C(=O)N1c1ccc(Oc2ccc(N3C(=O)C4CC=CCC4C3=O)cc2)cc1. The number of anilines is 2. The van der Waals surface area contributed by atoms with Crippen molar-refractivity contribution in [3.05, 3.63) is 72.8 Å². The fourth-order valence-electron chi connectivity index (χ4n) is 5.57. The predicted octanol–water partition coefficient (Wildman–Crippen LogP) is 4.39. The van der Waals surface area contributed by atoms with E-state index in [9.17, 15) is 19.2 Å². The van der Waals surface area contributed by atoms with Crippen molar-refractivity contribution in [2.75, 3.05) is 9.80 Å². The molecule has 2 saturated heterocycles. The first-order valence-corrected chi connectivity index (χ1v) is 12.0. The van der Waals surface area contributed by atoms with Crippen LogP contribution in [0.1, 0.15) is 25.7 Å². The number of allylic oxidation sites excluding steroid dienone is 4. The fraction of sp³-hybridized carbons (Fsp3) is 0.286. The summed E-state index contributed by atoms with van der Waals surface area (Å²) < 4.78 is 5.91. The van der Waals surface area contributed by atoms with Gasteiger partial charge in [-0.3, -0.25) is 29.0 Å². The van der Waals surface area contributed by atoms with Crippen molar-refractivity contribution in [3.8, 4) is 11.5 Å². The monoisotopic (exact) mass is 468 g/mol. The minimum Gasteiger partial charge on any atom is -0.457 e. The Morgan fingerprint density at radius 3 is 1.06 bits per heavy atom. The Hall–Kier alpha value is -4.00. The first-order chi connectivity index (χ1) is 17.0. The van der Waals surface area contributed by atoms with E-state index >= 15 is 0 Å². The summed E-state index contributed by atoms with van der Waals surface area (Å²) >= 11 is 0. The highest BCUT2D eigenvalue weighted by molar-refractivity contribution is 6.23. The smallest absolute Gasteiger partial charge is 0.238 e. The molecular formula is C28H24N2O5. The second kappa shape index (κ2) is 8.34. The van der Waals surface area contributed by atoms with Gasteiger partial charge in [0.15, 0.2) is 0 Å². The van der Waals surface area contributed by atoms with Crippen molar-refractivity contribution in [1.29, 1.82) is 0 Å². The van der Waals surface area contributed by atoms with E-state index in [1.54, 1.807) is 48.5 Å². The number of rotatable bonds is 4. The van der Waals surface area contributed by atoms with Crippen LogP contribution in [-0.4, -0.2) is 23.6 Å². The summed E-state index contributed by atoms with van der Waals surface area (Å²) in [7, 11) is 0. The molecule has 6 rings (SSSR count). The van der Waals surface area contributed by atoms with Crippen LogP contribution in [0.3, 0.4) is 0 Å². The number of nitrogens with zero attached hydrogens (tertiary/aromatic N) is 2. The molecule has 2 aromatic carbocycles. The highest BCUT2D eigenvalue weighted by Crippen LogP contribution is 2.39. The van der Waals surface area contributed by atoms with Crippen molar-refractivity contribution in [3.63, 3.8) is 0 Å². The van der Waals surface area contributed by atoms with Crippen LogP contribution < -0.4 is 14.5 Å². The number of benzene rings is 2. The predicted molar refractivity (Wildman–Crippen MR) is 129 cm³/mol. The summed E-state index contributed by atoms with van der Waals surface area (Å²) in [5, 5.41) is 0.